The number of carboxylic acids is 1. The predicted molar refractivity (Wildman–Crippen MR) is 66.5 cm³/mol. The van der Waals surface area contributed by atoms with E-state index in [0.717, 1.165) is 0 Å². The van der Waals surface area contributed by atoms with Crippen molar-refractivity contribution < 1.29 is 9.90 Å². The third-order valence-corrected chi connectivity index (χ3v) is 2.98. The summed E-state index contributed by atoms with van der Waals surface area (Å²) in [6.07, 6.45) is 5.69. The molecule has 3 aromatic rings. The minimum Gasteiger partial charge on any atom is -0.478 e. The van der Waals surface area contributed by atoms with Crippen LogP contribution < -0.4 is 5.69 Å². The molecule has 0 amide bonds. The summed E-state index contributed by atoms with van der Waals surface area (Å²) in [5, 5.41) is 17.1. The number of rotatable bonds is 3. The molecule has 3 heterocycles. The lowest BCUT2D eigenvalue weighted by atomic mass is 10.2. The first-order chi connectivity index (χ1) is 9.58. The van der Waals surface area contributed by atoms with Crippen molar-refractivity contribution in [2.24, 2.45) is 7.05 Å². The van der Waals surface area contributed by atoms with E-state index >= 15 is 0 Å². The van der Waals surface area contributed by atoms with Gasteiger partial charge in [0.15, 0.2) is 5.65 Å². The van der Waals surface area contributed by atoms with Crippen molar-refractivity contribution in [1.82, 2.24) is 28.9 Å². The van der Waals surface area contributed by atoms with Gasteiger partial charge in [-0.15, -0.1) is 5.10 Å². The Morgan fingerprint density at radius 1 is 1.40 bits per heavy atom. The fourth-order valence-electron chi connectivity index (χ4n) is 1.95. The lowest BCUT2D eigenvalue weighted by Gasteiger charge is -2.02. The molecule has 9 nitrogen and oxygen atoms in total. The van der Waals surface area contributed by atoms with E-state index in [2.05, 4.69) is 15.2 Å². The number of hydrogen-bond acceptors (Lipinski definition) is 5. The summed E-state index contributed by atoms with van der Waals surface area (Å²) in [6.45, 7) is 0.0264. The molecule has 0 fully saturated rings. The molecule has 0 saturated carbocycles. The first-order valence-electron chi connectivity index (χ1n) is 5.71. The van der Waals surface area contributed by atoms with Crippen LogP contribution in [-0.4, -0.2) is 40.0 Å². The Balaban J connectivity index is 2.10. The summed E-state index contributed by atoms with van der Waals surface area (Å²) < 4.78 is 3.93. The molecule has 3 aromatic heterocycles. The summed E-state index contributed by atoms with van der Waals surface area (Å²) >= 11 is 0. The zero-order valence-corrected chi connectivity index (χ0v) is 10.5. The van der Waals surface area contributed by atoms with Gasteiger partial charge < -0.3 is 5.11 Å². The second kappa shape index (κ2) is 4.30. The second-order valence-electron chi connectivity index (χ2n) is 4.18. The zero-order chi connectivity index (χ0) is 14.3. The molecular weight excluding hydrogens is 264 g/mol. The van der Waals surface area contributed by atoms with E-state index in [1.165, 1.54) is 38.6 Å². The number of fused-ring (bicyclic) bond motifs is 1. The van der Waals surface area contributed by atoms with Crippen LogP contribution in [0.3, 0.4) is 0 Å². The highest BCUT2D eigenvalue weighted by Gasteiger charge is 2.17. The average Bonchev–Trinajstić information content (AvgIpc) is 2.93. The van der Waals surface area contributed by atoms with Crippen LogP contribution in [0.2, 0.25) is 0 Å². The van der Waals surface area contributed by atoms with Crippen LogP contribution in [0.5, 0.6) is 0 Å². The maximum Gasteiger partial charge on any atom is 0.350 e. The molecule has 20 heavy (non-hydrogen) atoms. The van der Waals surface area contributed by atoms with Crippen molar-refractivity contribution in [2.45, 2.75) is 6.54 Å². The third-order valence-electron chi connectivity index (χ3n) is 2.98. The topological polar surface area (TPSA) is 107 Å². The van der Waals surface area contributed by atoms with Gasteiger partial charge in [-0.05, 0) is 0 Å². The van der Waals surface area contributed by atoms with Crippen molar-refractivity contribution >= 4 is 11.6 Å². The molecule has 0 saturated heterocycles. The molecule has 1 N–H and O–H groups in total. The Morgan fingerprint density at radius 2 is 2.20 bits per heavy atom. The van der Waals surface area contributed by atoms with E-state index in [1.807, 2.05) is 0 Å². The van der Waals surface area contributed by atoms with Crippen LogP contribution >= 0.6 is 0 Å². The standard InChI is InChI=1S/C11H10N6O3/c1-15-8(7(4-13-15)10(18)19)6-17-11(20)16-3-2-12-5-9(16)14-17/h2-5H,6H2,1H3,(H,18,19). The number of nitrogens with zero attached hydrogens (tertiary/aromatic N) is 6. The normalized spacial score (nSPS) is 11.1. The summed E-state index contributed by atoms with van der Waals surface area (Å²) in [4.78, 5) is 27.1. The Kier molecular flexibility index (Phi) is 2.60. The van der Waals surface area contributed by atoms with Gasteiger partial charge in [-0.3, -0.25) is 9.67 Å². The summed E-state index contributed by atoms with van der Waals surface area (Å²) in [5.41, 5.74) is 0.488. The number of aromatic carboxylic acids is 1. The van der Waals surface area contributed by atoms with Crippen molar-refractivity contribution in [3.63, 3.8) is 0 Å². The minimum absolute atomic E-state index is 0.0264. The number of aromatic nitrogens is 6. The van der Waals surface area contributed by atoms with Crippen LogP contribution in [0.4, 0.5) is 0 Å². The summed E-state index contributed by atoms with van der Waals surface area (Å²) in [6, 6.07) is 0. The quantitative estimate of drug-likeness (QED) is 0.681. The Morgan fingerprint density at radius 3 is 2.90 bits per heavy atom. The van der Waals surface area contributed by atoms with E-state index in [4.69, 9.17) is 5.11 Å². The lowest BCUT2D eigenvalue weighted by Crippen LogP contribution is -2.23. The minimum atomic E-state index is -1.09. The molecule has 0 radical (unpaired) electrons. The van der Waals surface area contributed by atoms with Gasteiger partial charge in [-0.25, -0.2) is 18.7 Å². The van der Waals surface area contributed by atoms with Gasteiger partial charge in [-0.1, -0.05) is 0 Å². The molecular formula is C11H10N6O3. The van der Waals surface area contributed by atoms with E-state index in [-0.39, 0.29) is 17.8 Å². The average molecular weight is 274 g/mol. The molecule has 0 unspecified atom stereocenters. The van der Waals surface area contributed by atoms with Gasteiger partial charge in [0, 0.05) is 19.4 Å². The molecule has 0 aliphatic heterocycles. The van der Waals surface area contributed by atoms with E-state index < -0.39 is 5.97 Å². The molecule has 0 aliphatic carbocycles. The van der Waals surface area contributed by atoms with Crippen molar-refractivity contribution in [1.29, 1.82) is 0 Å². The van der Waals surface area contributed by atoms with Crippen LogP contribution in [0.1, 0.15) is 16.1 Å². The second-order valence-corrected chi connectivity index (χ2v) is 4.18. The van der Waals surface area contributed by atoms with Gasteiger partial charge in [0.1, 0.15) is 5.56 Å². The van der Waals surface area contributed by atoms with Crippen LogP contribution in [0, 0.1) is 0 Å². The van der Waals surface area contributed by atoms with Gasteiger partial charge in [0.05, 0.1) is 24.6 Å². The molecule has 0 spiro atoms. The van der Waals surface area contributed by atoms with E-state index in [0.29, 0.717) is 11.3 Å². The lowest BCUT2D eigenvalue weighted by molar-refractivity contribution is 0.0695. The number of carboxylic acid groups (broad SMARTS) is 1. The Hall–Kier alpha value is -2.97. The maximum atomic E-state index is 12.1. The van der Waals surface area contributed by atoms with Crippen molar-refractivity contribution in [2.75, 3.05) is 0 Å². The van der Waals surface area contributed by atoms with E-state index in [9.17, 15) is 9.59 Å². The van der Waals surface area contributed by atoms with Crippen LogP contribution in [-0.2, 0) is 13.6 Å². The highest BCUT2D eigenvalue weighted by Crippen LogP contribution is 2.08. The molecule has 102 valence electrons. The third kappa shape index (κ3) is 1.76. The number of aryl methyl sites for hydroxylation is 1. The zero-order valence-electron chi connectivity index (χ0n) is 10.5. The van der Waals surface area contributed by atoms with Gasteiger partial charge in [0.2, 0.25) is 0 Å². The highest BCUT2D eigenvalue weighted by atomic mass is 16.4. The monoisotopic (exact) mass is 274 g/mol. The molecule has 3 rings (SSSR count). The molecule has 0 aliphatic rings. The van der Waals surface area contributed by atoms with Crippen molar-refractivity contribution in [3.8, 4) is 0 Å². The SMILES string of the molecule is Cn1ncc(C(=O)O)c1Cn1nc2cnccn2c1=O. The molecule has 9 heteroatoms. The molecule has 0 bridgehead atoms. The predicted octanol–water partition coefficient (Wildman–Crippen LogP) is -0.629. The Bertz CT molecular complexity index is 859. The fraction of sp³-hybridized carbons (Fsp3) is 0.182. The fourth-order valence-corrected chi connectivity index (χ4v) is 1.95. The van der Waals surface area contributed by atoms with E-state index in [1.54, 1.807) is 7.05 Å². The van der Waals surface area contributed by atoms with Crippen LogP contribution in [0.25, 0.3) is 5.65 Å². The highest BCUT2D eigenvalue weighted by molar-refractivity contribution is 5.88. The smallest absolute Gasteiger partial charge is 0.350 e. The van der Waals surface area contributed by atoms with Gasteiger partial charge in [-0.2, -0.15) is 5.10 Å². The first-order valence-corrected chi connectivity index (χ1v) is 5.71. The molecule has 0 aromatic carbocycles. The number of hydrogen-bond donors (Lipinski definition) is 1. The largest absolute Gasteiger partial charge is 0.478 e. The van der Waals surface area contributed by atoms with Crippen molar-refractivity contribution in [3.05, 3.63) is 46.5 Å². The Labute approximate surface area is 111 Å². The first kappa shape index (κ1) is 12.1. The van der Waals surface area contributed by atoms with Gasteiger partial charge >= 0.3 is 11.7 Å². The summed E-state index contributed by atoms with van der Waals surface area (Å²) in [5.74, 6) is -1.09. The van der Waals surface area contributed by atoms with Crippen LogP contribution in [0.15, 0.2) is 29.6 Å². The number of carbonyl (C=O) groups is 1. The molecule has 0 atom stereocenters. The summed E-state index contributed by atoms with van der Waals surface area (Å²) in [7, 11) is 1.62. The van der Waals surface area contributed by atoms with Gasteiger partial charge in [0.25, 0.3) is 0 Å². The maximum absolute atomic E-state index is 12.1.